The fourth-order valence-corrected chi connectivity index (χ4v) is 4.08. The first-order chi connectivity index (χ1) is 17.7. The molecule has 9 heteroatoms. The third-order valence-electron chi connectivity index (χ3n) is 6.13. The monoisotopic (exact) mass is 502 g/mol. The largest absolute Gasteiger partial charge is 0.508 e. The van der Waals surface area contributed by atoms with Crippen LogP contribution in [0.15, 0.2) is 95.3 Å². The number of aromatic hydroxyl groups is 1. The number of carbonyl (C=O) groups is 1. The molecule has 0 saturated carbocycles. The van der Waals surface area contributed by atoms with Crippen LogP contribution < -0.4 is 0 Å². The smallest absolute Gasteiger partial charge is 0.442 e. The van der Waals surface area contributed by atoms with E-state index in [0.717, 1.165) is 11.1 Å². The summed E-state index contributed by atoms with van der Waals surface area (Å²) in [7, 11) is 0. The summed E-state index contributed by atoms with van der Waals surface area (Å²) in [5.41, 5.74) is 1.65. The van der Waals surface area contributed by atoms with E-state index >= 15 is 0 Å². The zero-order valence-electron chi connectivity index (χ0n) is 19.5. The highest BCUT2D eigenvalue weighted by atomic mass is 19.4. The molecule has 0 amide bonds. The molecule has 1 aliphatic heterocycles. The number of benzene rings is 3. The molecule has 0 aliphatic carbocycles. The average Bonchev–Trinajstić information content (AvgIpc) is 3.69. The van der Waals surface area contributed by atoms with Gasteiger partial charge in [-0.2, -0.15) is 13.2 Å². The van der Waals surface area contributed by atoms with E-state index in [1.807, 2.05) is 30.3 Å². The lowest BCUT2D eigenvalue weighted by Gasteiger charge is -2.15. The van der Waals surface area contributed by atoms with Crippen LogP contribution in [0.25, 0.3) is 11.3 Å². The normalized spacial score (nSPS) is 13.9. The molecule has 1 N–H and O–H groups in total. The predicted octanol–water partition coefficient (Wildman–Crippen LogP) is 5.98. The van der Waals surface area contributed by atoms with Crippen molar-refractivity contribution in [1.29, 1.82) is 0 Å². The van der Waals surface area contributed by atoms with Gasteiger partial charge in [0, 0.05) is 24.0 Å². The molecule has 0 radical (unpaired) electrons. The van der Waals surface area contributed by atoms with Crippen LogP contribution in [0.5, 0.6) is 5.75 Å². The molecule has 4 aromatic rings. The highest BCUT2D eigenvalue weighted by molar-refractivity contribution is 5.83. The Morgan fingerprint density at radius 1 is 0.811 bits per heavy atom. The second-order valence-corrected chi connectivity index (χ2v) is 8.82. The fourth-order valence-electron chi connectivity index (χ4n) is 4.08. The van der Waals surface area contributed by atoms with Gasteiger partial charge in [-0.25, -0.2) is 4.98 Å². The number of alkyl halides is 3. The van der Waals surface area contributed by atoms with E-state index < -0.39 is 11.8 Å². The van der Waals surface area contributed by atoms with Crippen molar-refractivity contribution in [2.24, 2.45) is 10.2 Å². The summed E-state index contributed by atoms with van der Waals surface area (Å²) >= 11 is 0. The van der Waals surface area contributed by atoms with Crippen LogP contribution in [0.1, 0.15) is 28.1 Å². The van der Waals surface area contributed by atoms with Crippen LogP contribution in [-0.2, 0) is 29.7 Å². The molecule has 1 aliphatic rings. The Morgan fingerprint density at radius 2 is 1.49 bits per heavy atom. The van der Waals surface area contributed by atoms with E-state index in [-0.39, 0.29) is 29.9 Å². The number of halogens is 3. The average molecular weight is 502 g/mol. The van der Waals surface area contributed by atoms with Gasteiger partial charge in [0.05, 0.1) is 29.7 Å². The Hall–Kier alpha value is -4.40. The van der Waals surface area contributed by atoms with Gasteiger partial charge in [0.1, 0.15) is 11.5 Å². The third kappa shape index (κ3) is 5.25. The molecule has 0 spiro atoms. The standard InChI is InChI=1S/C28H21F3N4O2/c29-28(30,31)27(34-35-27)21-10-6-19(7-11-21)14-23(37)16-24-25(15-18-4-2-1-3-5-18)33-26(17-32-24)20-8-12-22(36)13-9-20/h1-13,17,36H,14-16H2. The second-order valence-electron chi connectivity index (χ2n) is 8.82. The van der Waals surface area contributed by atoms with E-state index in [2.05, 4.69) is 15.2 Å². The number of Topliss-reactive ketones (excluding diaryl/α,β-unsaturated/α-hetero) is 1. The highest BCUT2D eigenvalue weighted by Gasteiger charge is 2.65. The van der Waals surface area contributed by atoms with Gasteiger partial charge >= 0.3 is 11.8 Å². The maximum absolute atomic E-state index is 13.2. The number of phenols is 1. The number of carbonyl (C=O) groups excluding carboxylic acids is 1. The molecule has 5 rings (SSSR count). The highest BCUT2D eigenvalue weighted by Crippen LogP contribution is 2.52. The number of hydrogen-bond acceptors (Lipinski definition) is 6. The molecule has 0 fully saturated rings. The molecule has 1 aromatic heterocycles. The van der Waals surface area contributed by atoms with Crippen molar-refractivity contribution in [1.82, 2.24) is 9.97 Å². The fraction of sp³-hybridized carbons (Fsp3) is 0.179. The first-order valence-corrected chi connectivity index (χ1v) is 11.5. The lowest BCUT2D eigenvalue weighted by molar-refractivity contribution is -0.166. The molecule has 0 bridgehead atoms. The lowest BCUT2D eigenvalue weighted by Crippen LogP contribution is -2.30. The number of rotatable bonds is 8. The number of nitrogens with zero attached hydrogens (tertiary/aromatic N) is 4. The van der Waals surface area contributed by atoms with Crippen molar-refractivity contribution < 1.29 is 23.1 Å². The lowest BCUT2D eigenvalue weighted by atomic mass is 9.98. The number of ketones is 1. The Bertz CT molecular complexity index is 1450. The molecule has 0 atom stereocenters. The van der Waals surface area contributed by atoms with Crippen molar-refractivity contribution in [2.45, 2.75) is 31.1 Å². The van der Waals surface area contributed by atoms with Gasteiger partial charge in [0.25, 0.3) is 0 Å². The predicted molar refractivity (Wildman–Crippen MR) is 130 cm³/mol. The van der Waals surface area contributed by atoms with Crippen LogP contribution in [0, 0.1) is 0 Å². The summed E-state index contributed by atoms with van der Waals surface area (Å²) in [6, 6.07) is 21.9. The SMILES string of the molecule is O=C(Cc1ccc(C2(C(F)(F)F)N=N2)cc1)Cc1ncc(-c2ccc(O)cc2)nc1Cc1ccccc1. The molecule has 37 heavy (non-hydrogen) atoms. The van der Waals surface area contributed by atoms with Crippen molar-refractivity contribution in [3.05, 3.63) is 113 Å². The number of aromatic nitrogens is 2. The van der Waals surface area contributed by atoms with Crippen LogP contribution in [0.3, 0.4) is 0 Å². The molecular formula is C28H21F3N4O2. The molecule has 0 unspecified atom stereocenters. The quantitative estimate of drug-likeness (QED) is 0.321. The topological polar surface area (TPSA) is 87.8 Å². The summed E-state index contributed by atoms with van der Waals surface area (Å²) in [6.07, 6.45) is -2.45. The van der Waals surface area contributed by atoms with E-state index in [1.54, 1.807) is 30.5 Å². The Morgan fingerprint density at radius 3 is 2.11 bits per heavy atom. The summed E-state index contributed by atoms with van der Waals surface area (Å²) in [5.74, 6) is 0.00559. The van der Waals surface area contributed by atoms with E-state index in [0.29, 0.717) is 29.1 Å². The number of phenolic OH excluding ortho intramolecular Hbond substituents is 1. The zero-order valence-corrected chi connectivity index (χ0v) is 19.5. The van der Waals surface area contributed by atoms with Gasteiger partial charge in [0.15, 0.2) is 0 Å². The molecule has 6 nitrogen and oxygen atoms in total. The molecule has 0 saturated heterocycles. The van der Waals surface area contributed by atoms with Crippen LogP contribution in [0.2, 0.25) is 0 Å². The van der Waals surface area contributed by atoms with Crippen LogP contribution >= 0.6 is 0 Å². The first kappa shape index (κ1) is 24.3. The van der Waals surface area contributed by atoms with Crippen molar-refractivity contribution in [3.8, 4) is 17.0 Å². The molecule has 3 aromatic carbocycles. The van der Waals surface area contributed by atoms with Crippen molar-refractivity contribution in [2.75, 3.05) is 0 Å². The summed E-state index contributed by atoms with van der Waals surface area (Å²) in [6.45, 7) is 0. The summed E-state index contributed by atoms with van der Waals surface area (Å²) < 4.78 is 39.7. The zero-order chi connectivity index (χ0) is 26.0. The van der Waals surface area contributed by atoms with Gasteiger partial charge in [-0.3, -0.25) is 9.78 Å². The maximum Gasteiger partial charge on any atom is 0.442 e. The van der Waals surface area contributed by atoms with Crippen LogP contribution in [0.4, 0.5) is 13.2 Å². The minimum atomic E-state index is -4.59. The van der Waals surface area contributed by atoms with E-state index in [4.69, 9.17) is 4.98 Å². The Balaban J connectivity index is 1.35. The van der Waals surface area contributed by atoms with Gasteiger partial charge < -0.3 is 5.11 Å². The van der Waals surface area contributed by atoms with Crippen molar-refractivity contribution >= 4 is 5.78 Å². The second kappa shape index (κ2) is 9.57. The van der Waals surface area contributed by atoms with Gasteiger partial charge in [0.2, 0.25) is 0 Å². The minimum absolute atomic E-state index is 0.0317. The first-order valence-electron chi connectivity index (χ1n) is 11.5. The molecular weight excluding hydrogens is 481 g/mol. The third-order valence-corrected chi connectivity index (χ3v) is 6.13. The van der Waals surface area contributed by atoms with Gasteiger partial charge in [-0.15, -0.1) is 10.2 Å². The van der Waals surface area contributed by atoms with Gasteiger partial charge in [-0.1, -0.05) is 54.6 Å². The Labute approximate surface area is 210 Å². The van der Waals surface area contributed by atoms with E-state index in [9.17, 15) is 23.1 Å². The minimum Gasteiger partial charge on any atom is -0.508 e. The number of hydrogen-bond donors (Lipinski definition) is 1. The summed E-state index contributed by atoms with van der Waals surface area (Å²) in [5, 5.41) is 16.0. The van der Waals surface area contributed by atoms with Crippen molar-refractivity contribution in [3.63, 3.8) is 0 Å². The molecule has 186 valence electrons. The Kier molecular flexibility index (Phi) is 6.29. The summed E-state index contributed by atoms with van der Waals surface area (Å²) in [4.78, 5) is 22.2. The van der Waals surface area contributed by atoms with Crippen LogP contribution in [-0.4, -0.2) is 27.0 Å². The van der Waals surface area contributed by atoms with E-state index in [1.165, 1.54) is 24.3 Å². The maximum atomic E-state index is 13.2. The van der Waals surface area contributed by atoms with Gasteiger partial charge in [-0.05, 0) is 35.4 Å². The molecule has 2 heterocycles.